The Bertz CT molecular complexity index is 1410. The molecule has 2 atom stereocenters. The van der Waals surface area contributed by atoms with Crippen LogP contribution in [0.2, 0.25) is 0 Å². The molecule has 0 radical (unpaired) electrons. The van der Waals surface area contributed by atoms with Crippen molar-refractivity contribution < 1.29 is 24.5 Å². The molecule has 1 aromatic heterocycles. The number of benzene rings is 2. The van der Waals surface area contributed by atoms with Gasteiger partial charge in [-0.2, -0.15) is 10.9 Å². The van der Waals surface area contributed by atoms with Gasteiger partial charge >= 0.3 is 5.97 Å². The number of rotatable bonds is 11. The molecule has 0 aliphatic carbocycles. The SMILES string of the molecule is CC#C[C@H](CC(=O)O)c1ccc(OC[SH]2C=C(c3ccc(OCCC(C)(C)O)cc3C)c3ccccc32)nc1. The standard InChI is InChI=1S/C32H35NO5S/c1-5-8-23(18-31(34)35)24-11-14-30(33-19-24)38-21-39-20-28(27-9-6-7-10-29(27)39)26-13-12-25(17-22(26)2)37-16-15-32(3,4)36/h6-7,9-14,17,19-20,23,36,39H,15-16,18,21H2,1-4H3,(H,34,35)/t23-/m1/s1. The maximum atomic E-state index is 11.2. The maximum absolute atomic E-state index is 11.2. The van der Waals surface area contributed by atoms with Crippen molar-refractivity contribution in [2.75, 3.05) is 12.5 Å². The zero-order valence-electron chi connectivity index (χ0n) is 22.8. The van der Waals surface area contributed by atoms with E-state index >= 15 is 0 Å². The molecule has 0 bridgehead atoms. The summed E-state index contributed by atoms with van der Waals surface area (Å²) in [4.78, 5) is 16.9. The van der Waals surface area contributed by atoms with E-state index in [0.29, 0.717) is 24.8 Å². The van der Waals surface area contributed by atoms with E-state index in [2.05, 4.69) is 59.5 Å². The molecule has 39 heavy (non-hydrogen) atoms. The van der Waals surface area contributed by atoms with Gasteiger partial charge in [0.1, 0.15) is 11.7 Å². The van der Waals surface area contributed by atoms with Gasteiger partial charge in [0, 0.05) is 23.6 Å². The van der Waals surface area contributed by atoms with Crippen molar-refractivity contribution in [2.45, 2.75) is 57.0 Å². The van der Waals surface area contributed by atoms with Crippen LogP contribution in [0.1, 0.15) is 61.8 Å². The predicted molar refractivity (Wildman–Crippen MR) is 157 cm³/mol. The highest BCUT2D eigenvalue weighted by atomic mass is 32.2. The number of hydrogen-bond donors (Lipinski definition) is 3. The third kappa shape index (κ3) is 7.44. The fourth-order valence-electron chi connectivity index (χ4n) is 4.43. The first kappa shape index (κ1) is 28.3. The summed E-state index contributed by atoms with van der Waals surface area (Å²) in [5.74, 6) is 6.25. The minimum absolute atomic E-state index is 0.0638. The number of aliphatic hydroxyl groups is 1. The number of aliphatic carboxylic acids is 1. The number of carbonyl (C=O) groups is 1. The van der Waals surface area contributed by atoms with Gasteiger partial charge in [0.2, 0.25) is 5.88 Å². The molecule has 0 fully saturated rings. The normalized spacial score (nSPS) is 15.9. The highest BCUT2D eigenvalue weighted by molar-refractivity contribution is 8.20. The molecule has 2 heterocycles. The number of ether oxygens (including phenoxy) is 2. The summed E-state index contributed by atoms with van der Waals surface area (Å²) in [6, 6.07) is 18.2. The zero-order valence-corrected chi connectivity index (χ0v) is 23.7. The first-order valence-electron chi connectivity index (χ1n) is 12.9. The lowest BCUT2D eigenvalue weighted by molar-refractivity contribution is -0.137. The molecule has 2 N–H and O–H groups in total. The van der Waals surface area contributed by atoms with Crippen molar-refractivity contribution >= 4 is 22.4 Å². The molecular weight excluding hydrogens is 510 g/mol. The number of nitrogens with zero attached hydrogens (tertiary/aromatic N) is 1. The van der Waals surface area contributed by atoms with Gasteiger partial charge in [-0.3, -0.25) is 4.79 Å². The van der Waals surface area contributed by atoms with E-state index in [1.165, 1.54) is 16.0 Å². The Kier molecular flexibility index (Phi) is 9.01. The Morgan fingerprint density at radius 2 is 1.90 bits per heavy atom. The van der Waals surface area contributed by atoms with E-state index in [-0.39, 0.29) is 6.42 Å². The van der Waals surface area contributed by atoms with Gasteiger partial charge in [0.25, 0.3) is 0 Å². The molecule has 4 rings (SSSR count). The van der Waals surface area contributed by atoms with Gasteiger partial charge < -0.3 is 19.7 Å². The van der Waals surface area contributed by atoms with Crippen LogP contribution in [-0.2, 0) is 4.79 Å². The average Bonchev–Trinajstić information content (AvgIpc) is 3.25. The number of aromatic nitrogens is 1. The van der Waals surface area contributed by atoms with E-state index in [4.69, 9.17) is 9.47 Å². The molecule has 0 spiro atoms. The average molecular weight is 546 g/mol. The third-order valence-corrected chi connectivity index (χ3v) is 8.46. The summed E-state index contributed by atoms with van der Waals surface area (Å²) in [5.41, 5.74) is 4.70. The van der Waals surface area contributed by atoms with E-state index in [1.807, 2.05) is 18.2 Å². The van der Waals surface area contributed by atoms with Crippen molar-refractivity contribution in [3.63, 3.8) is 0 Å². The van der Waals surface area contributed by atoms with E-state index < -0.39 is 28.4 Å². The van der Waals surface area contributed by atoms with Crippen LogP contribution in [0.25, 0.3) is 5.57 Å². The number of carboxylic acid groups (broad SMARTS) is 1. The van der Waals surface area contributed by atoms with Crippen LogP contribution in [-0.4, -0.2) is 39.3 Å². The minimum atomic E-state index is -0.892. The summed E-state index contributed by atoms with van der Waals surface area (Å²) >= 11 is 0. The molecule has 0 saturated heterocycles. The fraction of sp³-hybridized carbons (Fsp3) is 0.312. The van der Waals surface area contributed by atoms with Crippen molar-refractivity contribution in [3.8, 4) is 23.5 Å². The second-order valence-electron chi connectivity index (χ2n) is 10.2. The molecule has 0 saturated carbocycles. The van der Waals surface area contributed by atoms with E-state index in [0.717, 1.165) is 22.4 Å². The number of carboxylic acids is 1. The molecule has 6 nitrogen and oxygen atoms in total. The van der Waals surface area contributed by atoms with Gasteiger partial charge in [-0.15, -0.1) is 5.92 Å². The Labute approximate surface area is 233 Å². The number of hydrogen-bond acceptors (Lipinski definition) is 5. The first-order chi connectivity index (χ1) is 18.6. The third-order valence-electron chi connectivity index (χ3n) is 6.47. The molecule has 7 heteroatoms. The predicted octanol–water partition coefficient (Wildman–Crippen LogP) is 6.31. The number of aryl methyl sites for hydroxylation is 1. The van der Waals surface area contributed by atoms with Gasteiger partial charge in [-0.25, -0.2) is 4.98 Å². The maximum Gasteiger partial charge on any atom is 0.304 e. The lowest BCUT2D eigenvalue weighted by Gasteiger charge is -2.17. The summed E-state index contributed by atoms with van der Waals surface area (Å²) in [5, 5.41) is 21.4. The highest BCUT2D eigenvalue weighted by Crippen LogP contribution is 2.52. The lowest BCUT2D eigenvalue weighted by atomic mass is 9.96. The van der Waals surface area contributed by atoms with Crippen LogP contribution in [0.5, 0.6) is 11.6 Å². The summed E-state index contributed by atoms with van der Waals surface area (Å²) < 4.78 is 12.0. The Morgan fingerprint density at radius 3 is 2.56 bits per heavy atom. The van der Waals surface area contributed by atoms with Gasteiger partial charge in [-0.05, 0) is 79.1 Å². The topological polar surface area (TPSA) is 88.9 Å². The molecule has 0 amide bonds. The smallest absolute Gasteiger partial charge is 0.304 e. The molecule has 2 aromatic carbocycles. The summed E-state index contributed by atoms with van der Waals surface area (Å²) in [7, 11) is -0.711. The molecule has 3 aromatic rings. The van der Waals surface area contributed by atoms with Crippen LogP contribution in [0.15, 0.2) is 71.1 Å². The van der Waals surface area contributed by atoms with Crippen LogP contribution in [0, 0.1) is 18.8 Å². The number of pyridine rings is 1. The van der Waals surface area contributed by atoms with Crippen molar-refractivity contribution in [1.82, 2.24) is 4.98 Å². The second-order valence-corrected chi connectivity index (χ2v) is 12.1. The fourth-order valence-corrected chi connectivity index (χ4v) is 6.43. The van der Waals surface area contributed by atoms with Crippen molar-refractivity contribution in [2.24, 2.45) is 0 Å². The minimum Gasteiger partial charge on any atom is -0.493 e. The number of fused-ring (bicyclic) bond motifs is 1. The van der Waals surface area contributed by atoms with Crippen LogP contribution < -0.4 is 9.47 Å². The summed E-state index contributed by atoms with van der Waals surface area (Å²) in [6.45, 7) is 7.81. The van der Waals surface area contributed by atoms with Gasteiger partial charge in [0.05, 0.1) is 24.5 Å². The first-order valence-corrected chi connectivity index (χ1v) is 14.5. The van der Waals surface area contributed by atoms with Crippen molar-refractivity contribution in [1.29, 1.82) is 0 Å². The Morgan fingerprint density at radius 1 is 1.10 bits per heavy atom. The lowest BCUT2D eigenvalue weighted by Crippen LogP contribution is -2.21. The quantitative estimate of drug-likeness (QED) is 0.193. The zero-order chi connectivity index (χ0) is 28.0. The Balaban J connectivity index is 1.48. The number of thiol groups is 1. The summed E-state index contributed by atoms with van der Waals surface area (Å²) in [6.07, 6.45) is 2.15. The molecule has 1 unspecified atom stereocenters. The Hall–Kier alpha value is -3.73. The highest BCUT2D eigenvalue weighted by Gasteiger charge is 2.23. The van der Waals surface area contributed by atoms with Crippen molar-refractivity contribution in [3.05, 3.63) is 88.5 Å². The largest absolute Gasteiger partial charge is 0.493 e. The molecule has 1 aliphatic rings. The van der Waals surface area contributed by atoms with Gasteiger partial charge in [-0.1, -0.05) is 36.3 Å². The van der Waals surface area contributed by atoms with Gasteiger partial charge in [0.15, 0.2) is 0 Å². The molecular formula is C32H35NO5S. The van der Waals surface area contributed by atoms with Crippen LogP contribution in [0.4, 0.5) is 0 Å². The second kappa shape index (κ2) is 12.4. The van der Waals surface area contributed by atoms with Crippen LogP contribution in [0.3, 0.4) is 0 Å². The van der Waals surface area contributed by atoms with Crippen LogP contribution >= 0.6 is 10.9 Å². The molecule has 204 valence electrons. The monoisotopic (exact) mass is 545 g/mol. The van der Waals surface area contributed by atoms with E-state index in [9.17, 15) is 15.0 Å². The molecule has 1 aliphatic heterocycles. The van der Waals surface area contributed by atoms with E-state index in [1.54, 1.807) is 33.0 Å².